The molecule has 0 saturated heterocycles. The Bertz CT molecular complexity index is 1190. The van der Waals surface area contributed by atoms with E-state index < -0.39 is 10.0 Å². The zero-order valence-corrected chi connectivity index (χ0v) is 16.7. The highest BCUT2D eigenvalue weighted by molar-refractivity contribution is 7.92. The summed E-state index contributed by atoms with van der Waals surface area (Å²) in [6, 6.07) is 20.9. The van der Waals surface area contributed by atoms with Gasteiger partial charge in [-0.15, -0.1) is 0 Å². The van der Waals surface area contributed by atoms with Crippen molar-refractivity contribution >= 4 is 39.0 Å². The monoisotopic (exact) mass is 411 g/mol. The smallest absolute Gasteiger partial charge is 0.229 e. The molecule has 0 radical (unpaired) electrons. The van der Waals surface area contributed by atoms with Gasteiger partial charge in [0.15, 0.2) is 0 Å². The second-order valence-corrected chi connectivity index (χ2v) is 8.76. The Balaban J connectivity index is 1.89. The lowest BCUT2D eigenvalue weighted by atomic mass is 9.92. The van der Waals surface area contributed by atoms with E-state index in [9.17, 15) is 8.42 Å². The minimum Gasteiger partial charge on any atom is -0.488 e. The number of para-hydroxylation sites is 1. The first kappa shape index (κ1) is 18.6. The molecule has 4 rings (SSSR count). The average Bonchev–Trinajstić information content (AvgIpc) is 2.79. The third-order valence-corrected chi connectivity index (χ3v) is 5.42. The highest BCUT2D eigenvalue weighted by atomic mass is 35.5. The molecule has 1 N–H and O–H groups in total. The topological polar surface area (TPSA) is 55.4 Å². The second-order valence-electron chi connectivity index (χ2n) is 6.61. The number of ether oxygens (including phenoxy) is 1. The van der Waals surface area contributed by atoms with Gasteiger partial charge in [0.2, 0.25) is 10.0 Å². The van der Waals surface area contributed by atoms with Gasteiger partial charge in [0.25, 0.3) is 0 Å². The van der Waals surface area contributed by atoms with Gasteiger partial charge in [0.05, 0.1) is 6.26 Å². The molecule has 6 heteroatoms. The lowest BCUT2D eigenvalue weighted by Crippen LogP contribution is -2.09. The predicted molar refractivity (Wildman–Crippen MR) is 114 cm³/mol. The zero-order valence-electron chi connectivity index (χ0n) is 15.1. The number of hydrogen-bond donors (Lipinski definition) is 1. The lowest BCUT2D eigenvalue weighted by Gasteiger charge is -2.12. The number of fused-ring (bicyclic) bond motifs is 2. The van der Waals surface area contributed by atoms with Crippen molar-refractivity contribution < 1.29 is 13.2 Å². The molecule has 0 bridgehead atoms. The van der Waals surface area contributed by atoms with E-state index in [1.807, 2.05) is 60.7 Å². The van der Waals surface area contributed by atoms with E-state index in [1.54, 1.807) is 12.1 Å². The number of anilines is 1. The van der Waals surface area contributed by atoms with E-state index in [-0.39, 0.29) is 0 Å². The van der Waals surface area contributed by atoms with Crippen LogP contribution in [0.15, 0.2) is 66.7 Å². The number of rotatable bonds is 3. The molecule has 0 aliphatic carbocycles. The van der Waals surface area contributed by atoms with Crippen LogP contribution in [0.25, 0.3) is 11.6 Å². The van der Waals surface area contributed by atoms with Crippen LogP contribution < -0.4 is 9.46 Å². The minimum atomic E-state index is -3.34. The number of benzene rings is 3. The molecule has 0 aromatic heterocycles. The number of hydrogen-bond acceptors (Lipinski definition) is 3. The molecule has 3 aromatic carbocycles. The van der Waals surface area contributed by atoms with Gasteiger partial charge in [-0.2, -0.15) is 0 Å². The van der Waals surface area contributed by atoms with Gasteiger partial charge in [-0.05, 0) is 47.0 Å². The molecule has 3 aromatic rings. The molecule has 1 heterocycles. The number of nitrogens with one attached hydrogen (secondary N) is 1. The van der Waals surface area contributed by atoms with Gasteiger partial charge in [-0.3, -0.25) is 4.72 Å². The SMILES string of the molecule is CS(=O)(=O)Nc1cccc(C=C2c3ccccc3OCc3c(Cl)cccc32)c1. The molecule has 4 nitrogen and oxygen atoms in total. The summed E-state index contributed by atoms with van der Waals surface area (Å²) in [5.41, 5.74) is 5.25. The molecule has 142 valence electrons. The third-order valence-electron chi connectivity index (χ3n) is 4.46. The summed E-state index contributed by atoms with van der Waals surface area (Å²) >= 11 is 6.44. The van der Waals surface area contributed by atoms with Crippen molar-refractivity contribution in [2.75, 3.05) is 11.0 Å². The summed E-state index contributed by atoms with van der Waals surface area (Å²) in [6.07, 6.45) is 3.16. The Morgan fingerprint density at radius 2 is 1.75 bits per heavy atom. The maximum atomic E-state index is 11.6. The van der Waals surface area contributed by atoms with Crippen LogP contribution in [0.1, 0.15) is 22.3 Å². The van der Waals surface area contributed by atoms with Crippen molar-refractivity contribution in [1.29, 1.82) is 0 Å². The molecule has 0 unspecified atom stereocenters. The molecule has 1 aliphatic rings. The first-order valence-electron chi connectivity index (χ1n) is 8.70. The van der Waals surface area contributed by atoms with Crippen molar-refractivity contribution in [3.05, 3.63) is 94.0 Å². The summed E-state index contributed by atoms with van der Waals surface area (Å²) in [6.45, 7) is 0.388. The molecule has 0 spiro atoms. The highest BCUT2D eigenvalue weighted by Gasteiger charge is 2.20. The lowest BCUT2D eigenvalue weighted by molar-refractivity contribution is 0.307. The zero-order chi connectivity index (χ0) is 19.7. The molecule has 1 aliphatic heterocycles. The summed E-state index contributed by atoms with van der Waals surface area (Å²) < 4.78 is 31.6. The molecular weight excluding hydrogens is 394 g/mol. The minimum absolute atomic E-state index is 0.388. The molecular formula is C22H18ClNO3S. The van der Waals surface area contributed by atoms with Crippen LogP contribution in [0, 0.1) is 0 Å². The van der Waals surface area contributed by atoms with E-state index in [0.717, 1.165) is 39.8 Å². The number of halogens is 1. The Hall–Kier alpha value is -2.76. The van der Waals surface area contributed by atoms with E-state index in [0.29, 0.717) is 17.3 Å². The Kier molecular flexibility index (Phi) is 4.87. The maximum Gasteiger partial charge on any atom is 0.229 e. The Labute approximate surface area is 169 Å². The molecule has 0 saturated carbocycles. The molecule has 0 amide bonds. The number of sulfonamides is 1. The van der Waals surface area contributed by atoms with Gasteiger partial charge in [0, 0.05) is 21.8 Å². The van der Waals surface area contributed by atoms with Crippen LogP contribution in [0.2, 0.25) is 5.02 Å². The van der Waals surface area contributed by atoms with Crippen LogP contribution in [-0.4, -0.2) is 14.7 Å². The maximum absolute atomic E-state index is 11.6. The van der Waals surface area contributed by atoms with Crippen molar-refractivity contribution in [2.24, 2.45) is 0 Å². The predicted octanol–water partition coefficient (Wildman–Crippen LogP) is 5.19. The van der Waals surface area contributed by atoms with Crippen LogP contribution in [0.5, 0.6) is 5.75 Å². The first-order chi connectivity index (χ1) is 13.4. The van der Waals surface area contributed by atoms with E-state index in [4.69, 9.17) is 16.3 Å². The van der Waals surface area contributed by atoms with Crippen LogP contribution in [0.4, 0.5) is 5.69 Å². The standard InChI is InChI=1S/C22H18ClNO3S/c1-28(25,26)24-16-7-4-6-15(12-16)13-19-17-9-5-10-21(23)20(17)14-27-22-11-3-2-8-18(19)22/h2-13,24H,14H2,1H3. The van der Waals surface area contributed by atoms with E-state index in [2.05, 4.69) is 4.72 Å². The van der Waals surface area contributed by atoms with E-state index in [1.165, 1.54) is 0 Å². The van der Waals surface area contributed by atoms with E-state index >= 15 is 0 Å². The van der Waals surface area contributed by atoms with Gasteiger partial charge in [-0.1, -0.05) is 54.1 Å². The van der Waals surface area contributed by atoms with Gasteiger partial charge in [0.1, 0.15) is 12.4 Å². The van der Waals surface area contributed by atoms with Gasteiger partial charge < -0.3 is 4.74 Å². The summed E-state index contributed by atoms with van der Waals surface area (Å²) in [4.78, 5) is 0. The normalized spacial score (nSPS) is 14.6. The summed E-state index contributed by atoms with van der Waals surface area (Å²) in [5, 5.41) is 0.656. The molecule has 28 heavy (non-hydrogen) atoms. The summed E-state index contributed by atoms with van der Waals surface area (Å²) in [7, 11) is -3.34. The van der Waals surface area contributed by atoms with Crippen LogP contribution >= 0.6 is 11.6 Å². The average molecular weight is 412 g/mol. The second kappa shape index (κ2) is 7.34. The first-order valence-corrected chi connectivity index (χ1v) is 11.0. The third kappa shape index (κ3) is 3.91. The largest absolute Gasteiger partial charge is 0.488 e. The van der Waals surface area contributed by atoms with Crippen molar-refractivity contribution in [3.63, 3.8) is 0 Å². The fourth-order valence-corrected chi connectivity index (χ4v) is 4.08. The van der Waals surface area contributed by atoms with Crippen molar-refractivity contribution in [3.8, 4) is 5.75 Å². The highest BCUT2D eigenvalue weighted by Crippen LogP contribution is 2.39. The van der Waals surface area contributed by atoms with Crippen LogP contribution in [0.3, 0.4) is 0 Å². The van der Waals surface area contributed by atoms with Crippen molar-refractivity contribution in [1.82, 2.24) is 0 Å². The summed E-state index contributed by atoms with van der Waals surface area (Å²) in [5.74, 6) is 0.784. The van der Waals surface area contributed by atoms with Crippen LogP contribution in [-0.2, 0) is 16.6 Å². The van der Waals surface area contributed by atoms with Gasteiger partial charge >= 0.3 is 0 Å². The Morgan fingerprint density at radius 1 is 1.00 bits per heavy atom. The fraction of sp³-hybridized carbons (Fsp3) is 0.0909. The molecule has 0 atom stereocenters. The van der Waals surface area contributed by atoms with Crippen molar-refractivity contribution in [2.45, 2.75) is 6.61 Å². The Morgan fingerprint density at radius 3 is 2.57 bits per heavy atom. The fourth-order valence-electron chi connectivity index (χ4n) is 3.30. The molecule has 0 fully saturated rings. The van der Waals surface area contributed by atoms with Gasteiger partial charge in [-0.25, -0.2) is 8.42 Å². The quantitative estimate of drug-likeness (QED) is 0.645.